The van der Waals surface area contributed by atoms with Crippen LogP contribution >= 0.6 is 11.6 Å². The van der Waals surface area contributed by atoms with Crippen molar-refractivity contribution >= 4 is 17.3 Å². The monoisotopic (exact) mass is 291 g/mol. The molecule has 0 saturated carbocycles. The molecule has 1 N–H and O–H groups in total. The van der Waals surface area contributed by atoms with Gasteiger partial charge >= 0.3 is 0 Å². The van der Waals surface area contributed by atoms with E-state index in [9.17, 15) is 4.79 Å². The molecule has 0 unspecified atom stereocenters. The first-order valence-electron chi connectivity index (χ1n) is 6.64. The van der Waals surface area contributed by atoms with Crippen LogP contribution in [0.2, 0.25) is 5.02 Å². The lowest BCUT2D eigenvalue weighted by Crippen LogP contribution is -2.26. The van der Waals surface area contributed by atoms with Gasteiger partial charge in [-0.2, -0.15) is 5.10 Å². The Morgan fingerprint density at radius 1 is 1.30 bits per heavy atom. The summed E-state index contributed by atoms with van der Waals surface area (Å²) in [6.45, 7) is 4.50. The summed E-state index contributed by atoms with van der Waals surface area (Å²) in [4.78, 5) is 12.0. The van der Waals surface area contributed by atoms with Crippen molar-refractivity contribution in [2.45, 2.75) is 26.3 Å². The van der Waals surface area contributed by atoms with Crippen molar-refractivity contribution in [2.75, 3.05) is 11.9 Å². The molecule has 106 valence electrons. The van der Waals surface area contributed by atoms with E-state index < -0.39 is 0 Å². The zero-order chi connectivity index (χ0) is 14.5. The minimum atomic E-state index is -0.258. The van der Waals surface area contributed by atoms with Crippen LogP contribution in [0, 0.1) is 0 Å². The quantitative estimate of drug-likeness (QED) is 0.920. The van der Waals surface area contributed by atoms with Crippen molar-refractivity contribution in [2.24, 2.45) is 0 Å². The number of hydrogen-bond acceptors (Lipinski definition) is 3. The molecule has 0 radical (unpaired) electrons. The van der Waals surface area contributed by atoms with Gasteiger partial charge in [0.15, 0.2) is 0 Å². The van der Waals surface area contributed by atoms with Gasteiger partial charge in [0.05, 0.1) is 17.9 Å². The lowest BCUT2D eigenvalue weighted by Gasteiger charge is -2.12. The highest BCUT2D eigenvalue weighted by atomic mass is 35.5. The second-order valence-electron chi connectivity index (χ2n) is 4.88. The molecule has 5 heteroatoms. The van der Waals surface area contributed by atoms with E-state index in [4.69, 9.17) is 11.6 Å². The molecule has 0 aliphatic heterocycles. The standard InChI is InChI=1S/C15H18ClN3O/c1-11(2)19-15(20)14(16)13(10-18-19)17-9-8-12-6-4-3-5-7-12/h3-7,10-11,17H,8-9H2,1-2H3. The Hall–Kier alpha value is -1.81. The van der Waals surface area contributed by atoms with Crippen LogP contribution in [0.4, 0.5) is 5.69 Å². The van der Waals surface area contributed by atoms with Crippen molar-refractivity contribution < 1.29 is 0 Å². The molecule has 0 atom stereocenters. The molecule has 1 aromatic carbocycles. The first-order valence-corrected chi connectivity index (χ1v) is 7.02. The zero-order valence-electron chi connectivity index (χ0n) is 11.6. The Balaban J connectivity index is 2.04. The molecular formula is C15H18ClN3O. The number of nitrogens with one attached hydrogen (secondary N) is 1. The molecule has 20 heavy (non-hydrogen) atoms. The van der Waals surface area contributed by atoms with Crippen LogP contribution in [-0.4, -0.2) is 16.3 Å². The van der Waals surface area contributed by atoms with E-state index in [2.05, 4.69) is 22.5 Å². The summed E-state index contributed by atoms with van der Waals surface area (Å²) in [6.07, 6.45) is 2.47. The van der Waals surface area contributed by atoms with E-state index in [1.165, 1.54) is 10.2 Å². The SMILES string of the molecule is CC(C)n1ncc(NCCc2ccccc2)c(Cl)c1=O. The molecular weight excluding hydrogens is 274 g/mol. The molecule has 0 aliphatic carbocycles. The van der Waals surface area contributed by atoms with Crippen LogP contribution in [0.25, 0.3) is 0 Å². The zero-order valence-corrected chi connectivity index (χ0v) is 12.4. The number of rotatable bonds is 5. The summed E-state index contributed by atoms with van der Waals surface area (Å²) < 4.78 is 1.38. The van der Waals surface area contributed by atoms with E-state index in [1.54, 1.807) is 6.20 Å². The minimum Gasteiger partial charge on any atom is -0.382 e. The van der Waals surface area contributed by atoms with Crippen molar-refractivity contribution in [1.29, 1.82) is 0 Å². The summed E-state index contributed by atoms with van der Waals surface area (Å²) in [7, 11) is 0. The van der Waals surface area contributed by atoms with Gasteiger partial charge in [0.2, 0.25) is 0 Å². The average molecular weight is 292 g/mol. The molecule has 0 saturated heterocycles. The fourth-order valence-electron chi connectivity index (χ4n) is 1.92. The van der Waals surface area contributed by atoms with Gasteiger partial charge in [-0.1, -0.05) is 41.9 Å². The molecule has 2 aromatic rings. The second-order valence-corrected chi connectivity index (χ2v) is 5.26. The summed E-state index contributed by atoms with van der Waals surface area (Å²) in [5, 5.41) is 7.48. The normalized spacial score (nSPS) is 10.8. The first kappa shape index (κ1) is 14.6. The maximum Gasteiger partial charge on any atom is 0.287 e. The summed E-state index contributed by atoms with van der Waals surface area (Å²) >= 11 is 6.09. The predicted molar refractivity (Wildman–Crippen MR) is 82.5 cm³/mol. The van der Waals surface area contributed by atoms with Crippen LogP contribution < -0.4 is 10.9 Å². The molecule has 2 rings (SSSR count). The minimum absolute atomic E-state index is 0.00151. The van der Waals surface area contributed by atoms with E-state index in [0.29, 0.717) is 12.2 Å². The lowest BCUT2D eigenvalue weighted by molar-refractivity contribution is 0.503. The molecule has 0 aliphatic rings. The number of halogens is 1. The fourth-order valence-corrected chi connectivity index (χ4v) is 2.12. The average Bonchev–Trinajstić information content (AvgIpc) is 2.44. The highest BCUT2D eigenvalue weighted by Crippen LogP contribution is 2.16. The van der Waals surface area contributed by atoms with Crippen LogP contribution in [0.5, 0.6) is 0 Å². The first-order chi connectivity index (χ1) is 9.59. The van der Waals surface area contributed by atoms with Crippen LogP contribution in [0.15, 0.2) is 41.3 Å². The molecule has 0 bridgehead atoms. The molecule has 0 amide bonds. The van der Waals surface area contributed by atoms with E-state index in [0.717, 1.165) is 6.42 Å². The van der Waals surface area contributed by atoms with Gasteiger partial charge < -0.3 is 5.32 Å². The molecule has 0 fully saturated rings. The number of anilines is 1. The highest BCUT2D eigenvalue weighted by molar-refractivity contribution is 6.32. The lowest BCUT2D eigenvalue weighted by atomic mass is 10.1. The van der Waals surface area contributed by atoms with Crippen LogP contribution in [0.1, 0.15) is 25.5 Å². The van der Waals surface area contributed by atoms with Crippen molar-refractivity contribution in [3.8, 4) is 0 Å². The number of hydrogen-bond donors (Lipinski definition) is 1. The van der Waals surface area contributed by atoms with E-state index in [-0.39, 0.29) is 16.6 Å². The maximum absolute atomic E-state index is 12.0. The third kappa shape index (κ3) is 3.39. The van der Waals surface area contributed by atoms with Gasteiger partial charge in [-0.15, -0.1) is 0 Å². The largest absolute Gasteiger partial charge is 0.382 e. The smallest absolute Gasteiger partial charge is 0.287 e. The number of benzene rings is 1. The van der Waals surface area contributed by atoms with E-state index in [1.807, 2.05) is 32.0 Å². The molecule has 1 heterocycles. The second kappa shape index (κ2) is 6.57. The van der Waals surface area contributed by atoms with Crippen LogP contribution in [0.3, 0.4) is 0 Å². The predicted octanol–water partition coefficient (Wildman–Crippen LogP) is 3.13. The Labute approximate surface area is 123 Å². The topological polar surface area (TPSA) is 46.9 Å². The van der Waals surface area contributed by atoms with Gasteiger partial charge in [0.25, 0.3) is 5.56 Å². The van der Waals surface area contributed by atoms with Gasteiger partial charge in [-0.25, -0.2) is 4.68 Å². The van der Waals surface area contributed by atoms with E-state index >= 15 is 0 Å². The Bertz CT molecular complexity index is 623. The summed E-state index contributed by atoms with van der Waals surface area (Å²) in [5.74, 6) is 0. The van der Waals surface area contributed by atoms with Gasteiger partial charge in [-0.3, -0.25) is 4.79 Å². The number of aromatic nitrogens is 2. The molecule has 0 spiro atoms. The molecule has 4 nitrogen and oxygen atoms in total. The Kier molecular flexibility index (Phi) is 4.79. The highest BCUT2D eigenvalue weighted by Gasteiger charge is 2.10. The number of nitrogens with zero attached hydrogens (tertiary/aromatic N) is 2. The third-order valence-electron chi connectivity index (χ3n) is 3.00. The van der Waals surface area contributed by atoms with Gasteiger partial charge in [-0.05, 0) is 25.8 Å². The third-order valence-corrected chi connectivity index (χ3v) is 3.37. The Morgan fingerprint density at radius 3 is 2.65 bits per heavy atom. The van der Waals surface area contributed by atoms with Crippen molar-refractivity contribution in [1.82, 2.24) is 9.78 Å². The fraction of sp³-hybridized carbons (Fsp3) is 0.333. The van der Waals surface area contributed by atoms with Crippen LogP contribution in [-0.2, 0) is 6.42 Å². The summed E-state index contributed by atoms with van der Waals surface area (Å²) in [5.41, 5.74) is 1.57. The Morgan fingerprint density at radius 2 is 2.00 bits per heavy atom. The van der Waals surface area contributed by atoms with Gasteiger partial charge in [0.1, 0.15) is 5.02 Å². The van der Waals surface area contributed by atoms with Crippen molar-refractivity contribution in [3.63, 3.8) is 0 Å². The van der Waals surface area contributed by atoms with Crippen molar-refractivity contribution in [3.05, 3.63) is 57.5 Å². The molecule has 1 aromatic heterocycles. The summed E-state index contributed by atoms with van der Waals surface area (Å²) in [6, 6.07) is 10.1. The maximum atomic E-state index is 12.0. The van der Waals surface area contributed by atoms with Gasteiger partial charge in [0, 0.05) is 6.54 Å².